The Hall–Kier alpha value is -1.68. The molecule has 124 valence electrons. The number of ketones is 1. The molecule has 0 radical (unpaired) electrons. The number of ether oxygens (including phenoxy) is 1. The number of carbonyl (C=O) groups is 2. The SMILES string of the molecule is CC1CN(C(=O)CCC(=O)c2ccc3c(c2)CCC3)C(C)CO1. The van der Waals surface area contributed by atoms with Crippen LogP contribution in [0.5, 0.6) is 0 Å². The van der Waals surface area contributed by atoms with Gasteiger partial charge in [0.05, 0.1) is 18.8 Å². The first-order valence-electron chi connectivity index (χ1n) is 8.60. The molecule has 1 aliphatic heterocycles. The van der Waals surface area contributed by atoms with Crippen molar-refractivity contribution in [2.45, 2.75) is 58.1 Å². The van der Waals surface area contributed by atoms with Crippen molar-refractivity contribution in [2.24, 2.45) is 0 Å². The van der Waals surface area contributed by atoms with E-state index in [1.165, 1.54) is 17.5 Å². The Balaban J connectivity index is 1.57. The summed E-state index contributed by atoms with van der Waals surface area (Å²) in [6.07, 6.45) is 4.01. The molecule has 0 spiro atoms. The summed E-state index contributed by atoms with van der Waals surface area (Å²) < 4.78 is 5.55. The lowest BCUT2D eigenvalue weighted by Crippen LogP contribution is -2.50. The first-order valence-corrected chi connectivity index (χ1v) is 8.60. The van der Waals surface area contributed by atoms with Crippen molar-refractivity contribution in [3.63, 3.8) is 0 Å². The van der Waals surface area contributed by atoms with Crippen LogP contribution in [-0.4, -0.2) is 41.9 Å². The first kappa shape index (κ1) is 16.2. The molecule has 0 bridgehead atoms. The zero-order chi connectivity index (χ0) is 16.4. The number of nitrogens with zero attached hydrogens (tertiary/aromatic N) is 1. The van der Waals surface area contributed by atoms with Gasteiger partial charge in [-0.15, -0.1) is 0 Å². The van der Waals surface area contributed by atoms with E-state index in [-0.39, 0.29) is 36.7 Å². The number of aryl methyl sites for hydroxylation is 2. The molecule has 1 saturated heterocycles. The number of hydrogen-bond acceptors (Lipinski definition) is 3. The van der Waals surface area contributed by atoms with E-state index in [1.807, 2.05) is 30.9 Å². The summed E-state index contributed by atoms with van der Waals surface area (Å²) in [5, 5.41) is 0. The maximum Gasteiger partial charge on any atom is 0.223 e. The zero-order valence-electron chi connectivity index (χ0n) is 14.0. The molecule has 1 aromatic rings. The van der Waals surface area contributed by atoms with Crippen LogP contribution in [-0.2, 0) is 22.4 Å². The Labute approximate surface area is 137 Å². The quantitative estimate of drug-likeness (QED) is 0.803. The molecule has 1 heterocycles. The Morgan fingerprint density at radius 3 is 2.78 bits per heavy atom. The second-order valence-corrected chi connectivity index (χ2v) is 6.80. The molecule has 1 amide bonds. The number of morpholine rings is 1. The van der Waals surface area contributed by atoms with Gasteiger partial charge in [-0.3, -0.25) is 9.59 Å². The van der Waals surface area contributed by atoms with Gasteiger partial charge >= 0.3 is 0 Å². The van der Waals surface area contributed by atoms with Crippen molar-refractivity contribution in [3.05, 3.63) is 34.9 Å². The predicted octanol–water partition coefficient (Wildman–Crippen LogP) is 2.77. The van der Waals surface area contributed by atoms with Crippen molar-refractivity contribution in [2.75, 3.05) is 13.2 Å². The molecular weight excluding hydrogens is 290 g/mol. The molecule has 1 aliphatic carbocycles. The average Bonchev–Trinajstić information content (AvgIpc) is 3.02. The number of hydrogen-bond donors (Lipinski definition) is 0. The summed E-state index contributed by atoms with van der Waals surface area (Å²) in [6, 6.07) is 6.10. The maximum absolute atomic E-state index is 12.4. The van der Waals surface area contributed by atoms with E-state index in [9.17, 15) is 9.59 Å². The molecule has 4 nitrogen and oxygen atoms in total. The molecule has 1 fully saturated rings. The number of Topliss-reactive ketones (excluding diaryl/α,β-unsaturated/α-hetero) is 1. The number of benzene rings is 1. The second-order valence-electron chi connectivity index (χ2n) is 6.80. The second kappa shape index (κ2) is 6.83. The highest BCUT2D eigenvalue weighted by Gasteiger charge is 2.27. The van der Waals surface area contributed by atoms with Gasteiger partial charge in [-0.25, -0.2) is 0 Å². The third-order valence-corrected chi connectivity index (χ3v) is 4.91. The topological polar surface area (TPSA) is 46.6 Å². The highest BCUT2D eigenvalue weighted by atomic mass is 16.5. The maximum atomic E-state index is 12.4. The normalized spacial score (nSPS) is 23.7. The minimum atomic E-state index is 0.0576. The van der Waals surface area contributed by atoms with Crippen LogP contribution in [0.25, 0.3) is 0 Å². The van der Waals surface area contributed by atoms with E-state index >= 15 is 0 Å². The fraction of sp³-hybridized carbons (Fsp3) is 0.579. The van der Waals surface area contributed by atoms with Gasteiger partial charge in [0.2, 0.25) is 5.91 Å². The Bertz CT molecular complexity index is 611. The first-order chi connectivity index (χ1) is 11.0. The van der Waals surface area contributed by atoms with E-state index in [2.05, 4.69) is 6.07 Å². The largest absolute Gasteiger partial charge is 0.375 e. The number of carbonyl (C=O) groups excluding carboxylic acids is 2. The van der Waals surface area contributed by atoms with Crippen LogP contribution in [0.2, 0.25) is 0 Å². The highest BCUT2D eigenvalue weighted by molar-refractivity contribution is 5.98. The average molecular weight is 315 g/mol. The lowest BCUT2D eigenvalue weighted by atomic mass is 10.0. The van der Waals surface area contributed by atoms with E-state index in [0.29, 0.717) is 13.2 Å². The van der Waals surface area contributed by atoms with Crippen LogP contribution in [0.3, 0.4) is 0 Å². The minimum Gasteiger partial charge on any atom is -0.375 e. The summed E-state index contributed by atoms with van der Waals surface area (Å²) in [5.74, 6) is 0.129. The Morgan fingerprint density at radius 2 is 1.96 bits per heavy atom. The molecule has 2 aliphatic rings. The summed E-state index contributed by atoms with van der Waals surface area (Å²) in [5.41, 5.74) is 3.42. The van der Waals surface area contributed by atoms with Crippen LogP contribution in [0.15, 0.2) is 18.2 Å². The molecule has 3 rings (SSSR count). The smallest absolute Gasteiger partial charge is 0.223 e. The summed E-state index contributed by atoms with van der Waals surface area (Å²) >= 11 is 0. The van der Waals surface area contributed by atoms with Gasteiger partial charge in [-0.2, -0.15) is 0 Å². The molecule has 23 heavy (non-hydrogen) atoms. The van der Waals surface area contributed by atoms with Crippen LogP contribution >= 0.6 is 0 Å². The van der Waals surface area contributed by atoms with Crippen molar-refractivity contribution in [1.29, 1.82) is 0 Å². The molecule has 2 unspecified atom stereocenters. The fourth-order valence-electron chi connectivity index (χ4n) is 3.50. The molecule has 0 N–H and O–H groups in total. The van der Waals surface area contributed by atoms with Crippen LogP contribution in [0.1, 0.15) is 54.6 Å². The Morgan fingerprint density at radius 1 is 1.17 bits per heavy atom. The Kier molecular flexibility index (Phi) is 4.81. The number of amides is 1. The summed E-state index contributed by atoms with van der Waals surface area (Å²) in [7, 11) is 0. The molecule has 2 atom stereocenters. The monoisotopic (exact) mass is 315 g/mol. The van der Waals surface area contributed by atoms with Gasteiger partial charge < -0.3 is 9.64 Å². The molecule has 4 heteroatoms. The summed E-state index contributed by atoms with van der Waals surface area (Å²) in [6.45, 7) is 5.16. The summed E-state index contributed by atoms with van der Waals surface area (Å²) in [4.78, 5) is 26.6. The molecule has 1 aromatic carbocycles. The van der Waals surface area contributed by atoms with Gasteiger partial charge in [0, 0.05) is 24.9 Å². The van der Waals surface area contributed by atoms with Crippen LogP contribution in [0, 0.1) is 0 Å². The van der Waals surface area contributed by atoms with Crippen molar-refractivity contribution in [1.82, 2.24) is 4.90 Å². The van der Waals surface area contributed by atoms with Crippen LogP contribution < -0.4 is 0 Å². The number of fused-ring (bicyclic) bond motifs is 1. The van der Waals surface area contributed by atoms with Gasteiger partial charge in [0.25, 0.3) is 0 Å². The lowest BCUT2D eigenvalue weighted by Gasteiger charge is -2.36. The third kappa shape index (κ3) is 3.63. The van der Waals surface area contributed by atoms with E-state index < -0.39 is 0 Å². The molecule has 0 aromatic heterocycles. The van der Waals surface area contributed by atoms with Gasteiger partial charge in [0.1, 0.15) is 0 Å². The van der Waals surface area contributed by atoms with E-state index in [0.717, 1.165) is 18.4 Å². The van der Waals surface area contributed by atoms with Gasteiger partial charge in [-0.05, 0) is 50.3 Å². The third-order valence-electron chi connectivity index (χ3n) is 4.91. The standard InChI is InChI=1S/C19H25NO3/c1-13-12-23-14(2)11-20(13)19(22)9-8-18(21)17-7-6-15-4-3-5-16(15)10-17/h6-7,10,13-14H,3-5,8-9,11-12H2,1-2H3. The minimum absolute atomic E-state index is 0.0576. The van der Waals surface area contributed by atoms with Crippen molar-refractivity contribution >= 4 is 11.7 Å². The van der Waals surface area contributed by atoms with Gasteiger partial charge in [-0.1, -0.05) is 12.1 Å². The lowest BCUT2D eigenvalue weighted by molar-refractivity contribution is -0.143. The zero-order valence-corrected chi connectivity index (χ0v) is 14.0. The highest BCUT2D eigenvalue weighted by Crippen LogP contribution is 2.23. The van der Waals surface area contributed by atoms with Crippen molar-refractivity contribution in [3.8, 4) is 0 Å². The van der Waals surface area contributed by atoms with Gasteiger partial charge in [0.15, 0.2) is 5.78 Å². The fourth-order valence-corrected chi connectivity index (χ4v) is 3.50. The van der Waals surface area contributed by atoms with E-state index in [4.69, 9.17) is 4.74 Å². The molecular formula is C19H25NO3. The predicted molar refractivity (Wildman–Crippen MR) is 88.6 cm³/mol. The molecule has 0 saturated carbocycles. The number of rotatable bonds is 4. The van der Waals surface area contributed by atoms with Crippen molar-refractivity contribution < 1.29 is 14.3 Å². The van der Waals surface area contributed by atoms with Crippen LogP contribution in [0.4, 0.5) is 0 Å². The van der Waals surface area contributed by atoms with E-state index in [1.54, 1.807) is 0 Å².